The van der Waals surface area contributed by atoms with E-state index in [1.165, 1.54) is 7.11 Å². The van der Waals surface area contributed by atoms with Crippen LogP contribution in [0.2, 0.25) is 0 Å². The van der Waals surface area contributed by atoms with Crippen LogP contribution in [-0.4, -0.2) is 38.6 Å². The predicted molar refractivity (Wildman–Crippen MR) is 80.7 cm³/mol. The molecule has 6 heteroatoms. The summed E-state index contributed by atoms with van der Waals surface area (Å²) in [4.78, 5) is 23.7. The second kappa shape index (κ2) is 7.08. The maximum absolute atomic E-state index is 12.1. The normalized spacial score (nSPS) is 17.3. The molecule has 0 radical (unpaired) electrons. The fourth-order valence-electron chi connectivity index (χ4n) is 2.45. The van der Waals surface area contributed by atoms with Gasteiger partial charge in [0.05, 0.1) is 12.8 Å². The van der Waals surface area contributed by atoms with E-state index in [0.29, 0.717) is 23.4 Å². The molecule has 0 saturated carbocycles. The SMILES string of the molecule is CNC(=O)c1ccc(OC)c(NC(=O)CC2CCCN2)c1. The third kappa shape index (κ3) is 3.95. The van der Waals surface area contributed by atoms with Crippen LogP contribution in [0.1, 0.15) is 29.6 Å². The van der Waals surface area contributed by atoms with Gasteiger partial charge in [-0.25, -0.2) is 0 Å². The molecule has 1 aromatic rings. The molecule has 6 nitrogen and oxygen atoms in total. The second-order valence-electron chi connectivity index (χ2n) is 5.04. The van der Waals surface area contributed by atoms with Crippen molar-refractivity contribution in [3.05, 3.63) is 23.8 Å². The van der Waals surface area contributed by atoms with E-state index >= 15 is 0 Å². The number of rotatable bonds is 5. The standard InChI is InChI=1S/C15H21N3O3/c1-16-15(20)10-5-6-13(21-2)12(8-10)18-14(19)9-11-4-3-7-17-11/h5-6,8,11,17H,3-4,7,9H2,1-2H3,(H,16,20)(H,18,19). The molecule has 1 aromatic carbocycles. The molecule has 1 aliphatic heterocycles. The molecule has 1 unspecified atom stereocenters. The van der Waals surface area contributed by atoms with Crippen LogP contribution in [0.5, 0.6) is 5.75 Å². The first-order chi connectivity index (χ1) is 10.1. The van der Waals surface area contributed by atoms with Crippen molar-refractivity contribution in [3.8, 4) is 5.75 Å². The number of benzene rings is 1. The molecule has 1 heterocycles. The van der Waals surface area contributed by atoms with Gasteiger partial charge in [0, 0.05) is 25.1 Å². The van der Waals surface area contributed by atoms with Crippen molar-refractivity contribution >= 4 is 17.5 Å². The summed E-state index contributed by atoms with van der Waals surface area (Å²) in [6, 6.07) is 5.19. The zero-order valence-electron chi connectivity index (χ0n) is 12.4. The number of carbonyl (C=O) groups excluding carboxylic acids is 2. The van der Waals surface area contributed by atoms with Gasteiger partial charge in [0.15, 0.2) is 0 Å². The maximum Gasteiger partial charge on any atom is 0.251 e. The smallest absolute Gasteiger partial charge is 0.251 e. The minimum Gasteiger partial charge on any atom is -0.495 e. The summed E-state index contributed by atoms with van der Waals surface area (Å²) in [6.07, 6.45) is 2.55. The molecular formula is C15H21N3O3. The summed E-state index contributed by atoms with van der Waals surface area (Å²) < 4.78 is 5.22. The Morgan fingerprint density at radius 2 is 2.24 bits per heavy atom. The number of ether oxygens (including phenoxy) is 1. The van der Waals surface area contributed by atoms with E-state index in [1.54, 1.807) is 25.2 Å². The number of methoxy groups -OCH3 is 1. The van der Waals surface area contributed by atoms with E-state index in [4.69, 9.17) is 4.74 Å². The van der Waals surface area contributed by atoms with Gasteiger partial charge in [0.2, 0.25) is 5.91 Å². The van der Waals surface area contributed by atoms with E-state index < -0.39 is 0 Å². The van der Waals surface area contributed by atoms with Crippen LogP contribution in [0.15, 0.2) is 18.2 Å². The van der Waals surface area contributed by atoms with Crippen LogP contribution in [0, 0.1) is 0 Å². The van der Waals surface area contributed by atoms with Crippen molar-refractivity contribution in [3.63, 3.8) is 0 Å². The quantitative estimate of drug-likeness (QED) is 0.760. The lowest BCUT2D eigenvalue weighted by Gasteiger charge is -2.14. The highest BCUT2D eigenvalue weighted by Gasteiger charge is 2.19. The lowest BCUT2D eigenvalue weighted by atomic mass is 10.1. The number of hydrogen-bond donors (Lipinski definition) is 3. The molecule has 114 valence electrons. The van der Waals surface area contributed by atoms with E-state index in [0.717, 1.165) is 19.4 Å². The Hall–Kier alpha value is -2.08. The molecule has 2 amide bonds. The van der Waals surface area contributed by atoms with E-state index in [9.17, 15) is 9.59 Å². The molecule has 1 aliphatic rings. The van der Waals surface area contributed by atoms with Crippen molar-refractivity contribution in [1.82, 2.24) is 10.6 Å². The third-order valence-electron chi connectivity index (χ3n) is 3.56. The highest BCUT2D eigenvalue weighted by atomic mass is 16.5. The summed E-state index contributed by atoms with van der Waals surface area (Å²) >= 11 is 0. The fraction of sp³-hybridized carbons (Fsp3) is 0.467. The number of anilines is 1. The van der Waals surface area contributed by atoms with Crippen molar-refractivity contribution in [2.24, 2.45) is 0 Å². The van der Waals surface area contributed by atoms with Crippen molar-refractivity contribution in [2.45, 2.75) is 25.3 Å². The van der Waals surface area contributed by atoms with Crippen LogP contribution in [0.25, 0.3) is 0 Å². The van der Waals surface area contributed by atoms with E-state index in [-0.39, 0.29) is 17.9 Å². The first-order valence-corrected chi connectivity index (χ1v) is 7.07. The lowest BCUT2D eigenvalue weighted by molar-refractivity contribution is -0.116. The summed E-state index contributed by atoms with van der Waals surface area (Å²) in [5, 5.41) is 8.66. The molecule has 0 bridgehead atoms. The Morgan fingerprint density at radius 1 is 1.43 bits per heavy atom. The first-order valence-electron chi connectivity index (χ1n) is 7.07. The number of nitrogens with one attached hydrogen (secondary N) is 3. The summed E-state index contributed by atoms with van der Waals surface area (Å²) in [6.45, 7) is 0.966. The Bertz CT molecular complexity index is 525. The lowest BCUT2D eigenvalue weighted by Crippen LogP contribution is -2.27. The highest BCUT2D eigenvalue weighted by Crippen LogP contribution is 2.26. The van der Waals surface area contributed by atoms with E-state index in [1.807, 2.05) is 0 Å². The minimum absolute atomic E-state index is 0.0817. The third-order valence-corrected chi connectivity index (χ3v) is 3.56. The van der Waals surface area contributed by atoms with Gasteiger partial charge in [-0.1, -0.05) is 0 Å². The molecule has 1 atom stereocenters. The van der Waals surface area contributed by atoms with Crippen LogP contribution in [-0.2, 0) is 4.79 Å². The fourth-order valence-corrected chi connectivity index (χ4v) is 2.45. The Labute approximate surface area is 124 Å². The average molecular weight is 291 g/mol. The number of carbonyl (C=O) groups is 2. The van der Waals surface area contributed by atoms with Crippen LogP contribution >= 0.6 is 0 Å². The van der Waals surface area contributed by atoms with Gasteiger partial charge in [-0.05, 0) is 37.6 Å². The monoisotopic (exact) mass is 291 g/mol. The molecule has 3 N–H and O–H groups in total. The number of amides is 2. The molecule has 0 spiro atoms. The second-order valence-corrected chi connectivity index (χ2v) is 5.04. The van der Waals surface area contributed by atoms with Gasteiger partial charge in [0.1, 0.15) is 5.75 Å². The maximum atomic E-state index is 12.1. The van der Waals surface area contributed by atoms with Crippen molar-refractivity contribution in [2.75, 3.05) is 26.0 Å². The van der Waals surface area contributed by atoms with Gasteiger partial charge in [-0.2, -0.15) is 0 Å². The van der Waals surface area contributed by atoms with Gasteiger partial charge in [-0.3, -0.25) is 9.59 Å². The van der Waals surface area contributed by atoms with Gasteiger partial charge in [0.25, 0.3) is 5.91 Å². The zero-order chi connectivity index (χ0) is 15.2. The van der Waals surface area contributed by atoms with Gasteiger partial charge in [-0.15, -0.1) is 0 Å². The first kappa shape index (κ1) is 15.3. The van der Waals surface area contributed by atoms with E-state index in [2.05, 4.69) is 16.0 Å². The molecular weight excluding hydrogens is 270 g/mol. The topological polar surface area (TPSA) is 79.5 Å². The summed E-state index contributed by atoms with van der Waals surface area (Å²) in [5.41, 5.74) is 0.995. The molecule has 0 aromatic heterocycles. The predicted octanol–water partition coefficient (Wildman–Crippen LogP) is 1.14. The molecule has 1 fully saturated rings. The minimum atomic E-state index is -0.203. The Balaban J connectivity index is 2.09. The van der Waals surface area contributed by atoms with Crippen LogP contribution in [0.3, 0.4) is 0 Å². The summed E-state index contributed by atoms with van der Waals surface area (Å²) in [7, 11) is 3.10. The molecule has 21 heavy (non-hydrogen) atoms. The number of hydrogen-bond acceptors (Lipinski definition) is 4. The zero-order valence-corrected chi connectivity index (χ0v) is 12.4. The Morgan fingerprint density at radius 3 is 2.86 bits per heavy atom. The van der Waals surface area contributed by atoms with Crippen LogP contribution < -0.4 is 20.7 Å². The summed E-state index contributed by atoms with van der Waals surface area (Å²) in [5.74, 6) is 0.253. The molecule has 2 rings (SSSR count). The van der Waals surface area contributed by atoms with Gasteiger partial charge < -0.3 is 20.7 Å². The largest absolute Gasteiger partial charge is 0.495 e. The van der Waals surface area contributed by atoms with Crippen molar-refractivity contribution in [1.29, 1.82) is 0 Å². The highest BCUT2D eigenvalue weighted by molar-refractivity contribution is 5.98. The Kier molecular flexibility index (Phi) is 5.16. The molecule has 0 aliphatic carbocycles. The molecule has 1 saturated heterocycles. The average Bonchev–Trinajstić information content (AvgIpc) is 2.99. The van der Waals surface area contributed by atoms with Gasteiger partial charge >= 0.3 is 0 Å². The van der Waals surface area contributed by atoms with Crippen molar-refractivity contribution < 1.29 is 14.3 Å². The van der Waals surface area contributed by atoms with Crippen LogP contribution in [0.4, 0.5) is 5.69 Å².